The molecule has 0 aliphatic carbocycles. The van der Waals surface area contributed by atoms with E-state index in [2.05, 4.69) is 5.32 Å². The van der Waals surface area contributed by atoms with Gasteiger partial charge in [-0.3, -0.25) is 14.2 Å². The highest BCUT2D eigenvalue weighted by atomic mass is 32.2. The summed E-state index contributed by atoms with van der Waals surface area (Å²) in [6.07, 6.45) is 0. The van der Waals surface area contributed by atoms with E-state index in [4.69, 9.17) is 9.40 Å². The van der Waals surface area contributed by atoms with E-state index >= 15 is 0 Å². The minimum absolute atomic E-state index is 0.0600. The molecule has 0 spiro atoms. The zero-order valence-corrected chi connectivity index (χ0v) is 20.0. The van der Waals surface area contributed by atoms with Crippen molar-refractivity contribution in [1.29, 1.82) is 0 Å². The number of amides is 1. The molecule has 1 amide bonds. The highest BCUT2D eigenvalue weighted by Crippen LogP contribution is 2.28. The number of aryl methyl sites for hydroxylation is 2. The third kappa shape index (κ3) is 4.70. The number of anilines is 1. The largest absolute Gasteiger partial charge is 0.448 e. The molecule has 0 saturated carbocycles. The van der Waals surface area contributed by atoms with Crippen LogP contribution in [0.1, 0.15) is 16.7 Å². The van der Waals surface area contributed by atoms with Crippen LogP contribution in [0.3, 0.4) is 0 Å². The molecule has 2 heterocycles. The van der Waals surface area contributed by atoms with Crippen molar-refractivity contribution in [2.75, 3.05) is 11.1 Å². The lowest BCUT2D eigenvalue weighted by molar-refractivity contribution is -0.113. The van der Waals surface area contributed by atoms with Crippen molar-refractivity contribution in [3.05, 3.63) is 99.6 Å². The first kappa shape index (κ1) is 22.9. The van der Waals surface area contributed by atoms with Crippen LogP contribution in [0.2, 0.25) is 0 Å². The van der Waals surface area contributed by atoms with Gasteiger partial charge in [-0.05, 0) is 55.3 Å². The summed E-state index contributed by atoms with van der Waals surface area (Å²) in [5.41, 5.74) is 4.38. The van der Waals surface area contributed by atoms with Crippen molar-refractivity contribution in [3.8, 4) is 0 Å². The molecular weight excluding hydrogens is 465 g/mol. The van der Waals surface area contributed by atoms with Crippen molar-refractivity contribution in [1.82, 2.24) is 9.55 Å². The Morgan fingerprint density at radius 3 is 2.63 bits per heavy atom. The number of fused-ring (bicyclic) bond motifs is 3. The van der Waals surface area contributed by atoms with Gasteiger partial charge >= 0.3 is 0 Å². The van der Waals surface area contributed by atoms with Crippen LogP contribution in [0.5, 0.6) is 0 Å². The fourth-order valence-corrected chi connectivity index (χ4v) is 4.74. The summed E-state index contributed by atoms with van der Waals surface area (Å²) in [5.74, 6) is -0.504. The number of carbonyl (C=O) groups excluding carboxylic acids is 1. The highest BCUT2D eigenvalue weighted by Gasteiger charge is 2.19. The average molecular weight is 488 g/mol. The molecule has 0 radical (unpaired) electrons. The first-order valence-electron chi connectivity index (χ1n) is 11.1. The van der Waals surface area contributed by atoms with Crippen LogP contribution >= 0.6 is 11.8 Å². The molecule has 0 atom stereocenters. The van der Waals surface area contributed by atoms with E-state index in [9.17, 15) is 14.0 Å². The Balaban J connectivity index is 1.50. The van der Waals surface area contributed by atoms with E-state index in [-0.39, 0.29) is 35.2 Å². The minimum atomic E-state index is -0.357. The normalized spacial score (nSPS) is 11.3. The number of nitrogens with one attached hydrogen (secondary N) is 1. The Morgan fingerprint density at radius 2 is 1.86 bits per heavy atom. The van der Waals surface area contributed by atoms with Gasteiger partial charge in [0.25, 0.3) is 5.56 Å². The number of thioether (sulfide) groups is 1. The molecule has 2 aromatic heterocycles. The number of aromatic nitrogens is 2. The van der Waals surface area contributed by atoms with Crippen molar-refractivity contribution in [2.45, 2.75) is 25.5 Å². The maximum atomic E-state index is 13.4. The average Bonchev–Trinajstić information content (AvgIpc) is 3.22. The number of para-hydroxylation sites is 1. The van der Waals surface area contributed by atoms with Gasteiger partial charge in [-0.2, -0.15) is 0 Å². The molecule has 0 bridgehead atoms. The number of hydrogen-bond acceptors (Lipinski definition) is 5. The van der Waals surface area contributed by atoms with E-state index in [1.54, 1.807) is 18.2 Å². The van der Waals surface area contributed by atoms with Gasteiger partial charge in [0, 0.05) is 11.1 Å². The molecule has 1 N–H and O–H groups in total. The molecule has 0 fully saturated rings. The van der Waals surface area contributed by atoms with Gasteiger partial charge in [0.2, 0.25) is 11.5 Å². The quantitative estimate of drug-likeness (QED) is 0.246. The summed E-state index contributed by atoms with van der Waals surface area (Å²) in [4.78, 5) is 30.9. The van der Waals surface area contributed by atoms with Gasteiger partial charge in [-0.15, -0.1) is 0 Å². The molecule has 35 heavy (non-hydrogen) atoms. The van der Waals surface area contributed by atoms with E-state index in [1.807, 2.05) is 50.2 Å². The van der Waals surface area contributed by atoms with Crippen molar-refractivity contribution in [2.24, 2.45) is 0 Å². The summed E-state index contributed by atoms with van der Waals surface area (Å²) in [6, 6.07) is 19.1. The van der Waals surface area contributed by atoms with Crippen LogP contribution in [-0.4, -0.2) is 21.2 Å². The number of hydrogen-bond donors (Lipinski definition) is 1. The van der Waals surface area contributed by atoms with Gasteiger partial charge in [-0.1, -0.05) is 53.7 Å². The Labute approximate surface area is 204 Å². The van der Waals surface area contributed by atoms with Gasteiger partial charge in [0.15, 0.2) is 5.16 Å². The number of nitrogens with zero attached hydrogens (tertiary/aromatic N) is 2. The van der Waals surface area contributed by atoms with Gasteiger partial charge in [0.05, 0.1) is 12.3 Å². The number of halogens is 1. The summed E-state index contributed by atoms with van der Waals surface area (Å²) in [7, 11) is 0. The third-order valence-corrected chi connectivity index (χ3v) is 6.67. The first-order chi connectivity index (χ1) is 16.9. The third-order valence-electron chi connectivity index (χ3n) is 5.69. The summed E-state index contributed by atoms with van der Waals surface area (Å²) in [5, 5.41) is 4.04. The van der Waals surface area contributed by atoms with Crippen molar-refractivity contribution in [3.63, 3.8) is 0 Å². The number of furan rings is 1. The van der Waals surface area contributed by atoms with Crippen LogP contribution in [-0.2, 0) is 11.3 Å². The van der Waals surface area contributed by atoms with E-state index in [0.717, 1.165) is 27.8 Å². The molecule has 176 valence electrons. The Kier molecular flexibility index (Phi) is 6.13. The minimum Gasteiger partial charge on any atom is -0.448 e. The molecule has 0 aliphatic rings. The van der Waals surface area contributed by atoms with Crippen LogP contribution < -0.4 is 10.9 Å². The maximum absolute atomic E-state index is 13.4. The second-order valence-corrected chi connectivity index (χ2v) is 9.29. The highest BCUT2D eigenvalue weighted by molar-refractivity contribution is 7.99. The Hall–Kier alpha value is -3.91. The molecule has 5 rings (SSSR count). The zero-order chi connectivity index (χ0) is 24.5. The smallest absolute Gasteiger partial charge is 0.298 e. The molecular formula is C27H22FN3O3S. The van der Waals surface area contributed by atoms with Crippen LogP contribution in [0.4, 0.5) is 10.1 Å². The standard InChI is InChI=1S/C27H22FN3O3S/c1-16-7-12-21(17(2)13-16)29-23(32)15-35-27-30-24-20-5-3-4-6-22(20)34-25(24)26(33)31(27)14-18-8-10-19(28)11-9-18/h3-13H,14-15H2,1-2H3,(H,29,32). The van der Waals surface area contributed by atoms with Crippen molar-refractivity contribution >= 4 is 45.4 Å². The predicted octanol–water partition coefficient (Wildman–Crippen LogP) is 5.68. The van der Waals surface area contributed by atoms with Gasteiger partial charge in [-0.25, -0.2) is 9.37 Å². The zero-order valence-electron chi connectivity index (χ0n) is 19.2. The van der Waals surface area contributed by atoms with Gasteiger partial charge in [0.1, 0.15) is 16.9 Å². The fourth-order valence-electron chi connectivity index (χ4n) is 3.95. The summed E-state index contributed by atoms with van der Waals surface area (Å²) < 4.78 is 20.7. The summed E-state index contributed by atoms with van der Waals surface area (Å²) >= 11 is 1.17. The van der Waals surface area contributed by atoms with E-state index in [1.165, 1.54) is 28.5 Å². The molecule has 6 nitrogen and oxygen atoms in total. The van der Waals surface area contributed by atoms with Crippen LogP contribution in [0.25, 0.3) is 22.1 Å². The number of rotatable bonds is 6. The second kappa shape index (κ2) is 9.38. The molecule has 8 heteroatoms. The molecule has 5 aromatic rings. The van der Waals surface area contributed by atoms with Gasteiger partial charge < -0.3 is 9.73 Å². The lowest BCUT2D eigenvalue weighted by atomic mass is 10.1. The van der Waals surface area contributed by atoms with Crippen molar-refractivity contribution < 1.29 is 13.6 Å². The second-order valence-electron chi connectivity index (χ2n) is 8.34. The van der Waals surface area contributed by atoms with Crippen LogP contribution in [0, 0.1) is 19.7 Å². The Morgan fingerprint density at radius 1 is 1.09 bits per heavy atom. The molecule has 0 saturated heterocycles. The first-order valence-corrected chi connectivity index (χ1v) is 12.0. The van der Waals surface area contributed by atoms with E-state index < -0.39 is 0 Å². The summed E-state index contributed by atoms with van der Waals surface area (Å²) in [6.45, 7) is 4.10. The maximum Gasteiger partial charge on any atom is 0.298 e. The van der Waals surface area contributed by atoms with E-state index in [0.29, 0.717) is 16.3 Å². The lowest BCUT2D eigenvalue weighted by Gasteiger charge is -2.13. The number of carbonyl (C=O) groups is 1. The molecule has 0 unspecified atom stereocenters. The van der Waals surface area contributed by atoms with Crippen LogP contribution in [0.15, 0.2) is 81.1 Å². The molecule has 0 aliphatic heterocycles. The molecule has 3 aromatic carbocycles. The SMILES string of the molecule is Cc1ccc(NC(=O)CSc2nc3c(oc4ccccc43)c(=O)n2Cc2ccc(F)cc2)c(C)c1. The predicted molar refractivity (Wildman–Crippen MR) is 137 cm³/mol. The Bertz CT molecular complexity index is 1620. The fraction of sp³-hybridized carbons (Fsp3) is 0.148. The lowest BCUT2D eigenvalue weighted by Crippen LogP contribution is -2.24. The monoisotopic (exact) mass is 487 g/mol. The number of benzene rings is 3. The topological polar surface area (TPSA) is 77.1 Å².